The number of thiocarbonyl (C=S) groups is 1. The molecule has 1 aliphatic heterocycles. The first-order valence-corrected chi connectivity index (χ1v) is 10.6. The minimum Gasteiger partial charge on any atom is -0.297 e. The van der Waals surface area contributed by atoms with Gasteiger partial charge in [0, 0.05) is 5.71 Å². The average molecular weight is 457 g/mol. The summed E-state index contributed by atoms with van der Waals surface area (Å²) in [6.07, 6.45) is 0. The van der Waals surface area contributed by atoms with E-state index in [0.717, 1.165) is 10.6 Å². The summed E-state index contributed by atoms with van der Waals surface area (Å²) >= 11 is 5.47. The summed E-state index contributed by atoms with van der Waals surface area (Å²) in [7, 11) is 0. The summed E-state index contributed by atoms with van der Waals surface area (Å²) in [6, 6.07) is 22.2. The fourth-order valence-corrected chi connectivity index (χ4v) is 3.71. The molecule has 8 heteroatoms. The van der Waals surface area contributed by atoms with Crippen molar-refractivity contribution in [2.45, 2.75) is 13.8 Å². The Bertz CT molecular complexity index is 1260. The predicted molar refractivity (Wildman–Crippen MR) is 132 cm³/mol. The Kier molecular flexibility index (Phi) is 6.10. The van der Waals surface area contributed by atoms with Crippen LogP contribution in [-0.2, 0) is 0 Å². The van der Waals surface area contributed by atoms with Gasteiger partial charge in [-0.3, -0.25) is 19.7 Å². The van der Waals surface area contributed by atoms with Gasteiger partial charge in [0.05, 0.1) is 28.1 Å². The van der Waals surface area contributed by atoms with Crippen LogP contribution in [0.5, 0.6) is 0 Å². The van der Waals surface area contributed by atoms with E-state index in [0.29, 0.717) is 16.8 Å². The van der Waals surface area contributed by atoms with Crippen molar-refractivity contribution in [3.8, 4) is 0 Å². The summed E-state index contributed by atoms with van der Waals surface area (Å²) in [4.78, 5) is 40.1. The second kappa shape index (κ2) is 9.13. The topological polar surface area (TPSA) is 82.1 Å². The standard InChI is InChI=1S/C25H20N4O3S/c1-16(2)27-29(17-10-4-3-5-11-17)25(33)26-22(30)20-14-8-9-15-21(20)28-23(31)18-12-6-7-13-19(18)24(28)32/h3-15H,1-2H3,(H,26,30,33). The van der Waals surface area contributed by atoms with Gasteiger partial charge in [-0.05, 0) is 62.5 Å². The number of anilines is 2. The zero-order valence-corrected chi connectivity index (χ0v) is 18.8. The van der Waals surface area contributed by atoms with E-state index in [1.807, 2.05) is 44.2 Å². The monoisotopic (exact) mass is 456 g/mol. The molecule has 1 heterocycles. The molecule has 3 aromatic rings. The smallest absolute Gasteiger partial charge is 0.266 e. The largest absolute Gasteiger partial charge is 0.297 e. The third kappa shape index (κ3) is 4.28. The Morgan fingerprint density at radius 1 is 0.848 bits per heavy atom. The van der Waals surface area contributed by atoms with Crippen LogP contribution in [0.1, 0.15) is 44.9 Å². The molecule has 0 spiro atoms. The molecular formula is C25H20N4O3S. The van der Waals surface area contributed by atoms with Crippen LogP contribution in [0.25, 0.3) is 0 Å². The van der Waals surface area contributed by atoms with Crippen LogP contribution in [0.15, 0.2) is 84.0 Å². The SMILES string of the molecule is CC(C)=NN(C(=S)NC(=O)c1ccccc1N1C(=O)c2ccccc2C1=O)c1ccccc1. The number of nitrogens with one attached hydrogen (secondary N) is 1. The second-order valence-corrected chi connectivity index (χ2v) is 7.85. The second-order valence-electron chi connectivity index (χ2n) is 7.46. The number of carbonyl (C=O) groups is 3. The Labute approximate surface area is 196 Å². The van der Waals surface area contributed by atoms with Crippen molar-refractivity contribution in [1.29, 1.82) is 0 Å². The molecule has 7 nitrogen and oxygen atoms in total. The number of para-hydroxylation sites is 2. The third-order valence-corrected chi connectivity index (χ3v) is 5.17. The zero-order chi connectivity index (χ0) is 23.5. The number of carbonyl (C=O) groups excluding carboxylic acids is 3. The highest BCUT2D eigenvalue weighted by Gasteiger charge is 2.38. The Morgan fingerprint density at radius 3 is 2.00 bits per heavy atom. The first kappa shape index (κ1) is 22.0. The molecule has 164 valence electrons. The average Bonchev–Trinajstić information content (AvgIpc) is 3.08. The van der Waals surface area contributed by atoms with E-state index in [4.69, 9.17) is 12.2 Å². The normalized spacial score (nSPS) is 12.2. The molecule has 0 unspecified atom stereocenters. The first-order valence-electron chi connectivity index (χ1n) is 10.2. The van der Waals surface area contributed by atoms with E-state index in [1.165, 1.54) is 11.1 Å². The van der Waals surface area contributed by atoms with E-state index in [2.05, 4.69) is 10.4 Å². The van der Waals surface area contributed by atoms with Crippen molar-refractivity contribution in [1.82, 2.24) is 5.32 Å². The van der Waals surface area contributed by atoms with Crippen molar-refractivity contribution in [2.24, 2.45) is 5.10 Å². The summed E-state index contributed by atoms with van der Waals surface area (Å²) < 4.78 is 0. The number of hydrogen-bond donors (Lipinski definition) is 1. The fourth-order valence-electron chi connectivity index (χ4n) is 3.48. The van der Waals surface area contributed by atoms with E-state index in [1.54, 1.807) is 42.5 Å². The lowest BCUT2D eigenvalue weighted by Crippen LogP contribution is -2.41. The summed E-state index contributed by atoms with van der Waals surface area (Å²) in [5, 5.41) is 8.61. The molecule has 0 aliphatic carbocycles. The van der Waals surface area contributed by atoms with Crippen LogP contribution in [0.3, 0.4) is 0 Å². The molecule has 0 fully saturated rings. The molecule has 1 N–H and O–H groups in total. The molecule has 0 radical (unpaired) electrons. The van der Waals surface area contributed by atoms with E-state index in [9.17, 15) is 14.4 Å². The zero-order valence-electron chi connectivity index (χ0n) is 18.0. The molecule has 3 aromatic carbocycles. The molecule has 0 atom stereocenters. The maximum Gasteiger partial charge on any atom is 0.266 e. The number of hydrogen-bond acceptors (Lipinski definition) is 5. The molecule has 3 amide bonds. The lowest BCUT2D eigenvalue weighted by molar-refractivity contribution is 0.0926. The van der Waals surface area contributed by atoms with Crippen molar-refractivity contribution in [2.75, 3.05) is 9.91 Å². The lowest BCUT2D eigenvalue weighted by atomic mass is 10.1. The maximum atomic E-state index is 13.2. The molecule has 0 saturated heterocycles. The van der Waals surface area contributed by atoms with Gasteiger partial charge in [0.15, 0.2) is 0 Å². The number of imide groups is 1. The number of nitrogens with zero attached hydrogens (tertiary/aromatic N) is 3. The van der Waals surface area contributed by atoms with Crippen LogP contribution in [-0.4, -0.2) is 28.5 Å². The van der Waals surface area contributed by atoms with Gasteiger partial charge in [-0.25, -0.2) is 9.91 Å². The van der Waals surface area contributed by atoms with Gasteiger partial charge >= 0.3 is 0 Å². The van der Waals surface area contributed by atoms with Crippen molar-refractivity contribution < 1.29 is 14.4 Å². The van der Waals surface area contributed by atoms with Gasteiger partial charge in [0.1, 0.15) is 0 Å². The van der Waals surface area contributed by atoms with Crippen molar-refractivity contribution in [3.05, 3.63) is 95.6 Å². The van der Waals surface area contributed by atoms with Crippen LogP contribution in [0, 0.1) is 0 Å². The van der Waals surface area contributed by atoms with E-state index in [-0.39, 0.29) is 16.4 Å². The van der Waals surface area contributed by atoms with Crippen LogP contribution in [0.2, 0.25) is 0 Å². The third-order valence-electron chi connectivity index (χ3n) is 4.90. The Balaban J connectivity index is 1.64. The molecule has 33 heavy (non-hydrogen) atoms. The van der Waals surface area contributed by atoms with Crippen LogP contribution < -0.4 is 15.2 Å². The number of fused-ring (bicyclic) bond motifs is 1. The molecule has 0 aromatic heterocycles. The van der Waals surface area contributed by atoms with Crippen LogP contribution in [0.4, 0.5) is 11.4 Å². The molecule has 0 saturated carbocycles. The molecular weight excluding hydrogens is 436 g/mol. The number of rotatable bonds is 4. The van der Waals surface area contributed by atoms with Crippen molar-refractivity contribution >= 4 is 52.1 Å². The van der Waals surface area contributed by atoms with Gasteiger partial charge in [-0.1, -0.05) is 42.5 Å². The minimum absolute atomic E-state index is 0.0598. The Morgan fingerprint density at radius 2 is 1.39 bits per heavy atom. The lowest BCUT2D eigenvalue weighted by Gasteiger charge is -2.22. The quantitative estimate of drug-likeness (QED) is 0.272. The highest BCUT2D eigenvalue weighted by atomic mass is 32.1. The van der Waals surface area contributed by atoms with Gasteiger partial charge in [0.2, 0.25) is 5.11 Å². The first-order chi connectivity index (χ1) is 15.9. The number of hydrazone groups is 1. The van der Waals surface area contributed by atoms with Gasteiger partial charge in [-0.15, -0.1) is 0 Å². The predicted octanol–water partition coefficient (Wildman–Crippen LogP) is 4.40. The maximum absolute atomic E-state index is 13.2. The molecule has 1 aliphatic rings. The summed E-state index contributed by atoms with van der Waals surface area (Å²) in [5.74, 6) is -1.51. The van der Waals surface area contributed by atoms with E-state index < -0.39 is 17.7 Å². The van der Waals surface area contributed by atoms with Crippen LogP contribution >= 0.6 is 12.2 Å². The number of amides is 3. The molecule has 4 rings (SSSR count). The van der Waals surface area contributed by atoms with E-state index >= 15 is 0 Å². The minimum atomic E-state index is -0.558. The Hall–Kier alpha value is -4.17. The van der Waals surface area contributed by atoms with Gasteiger partial charge < -0.3 is 0 Å². The summed E-state index contributed by atoms with van der Waals surface area (Å²) in [5.41, 5.74) is 2.34. The summed E-state index contributed by atoms with van der Waals surface area (Å²) in [6.45, 7) is 3.63. The highest BCUT2D eigenvalue weighted by Crippen LogP contribution is 2.30. The number of benzene rings is 3. The van der Waals surface area contributed by atoms with Gasteiger partial charge in [-0.2, -0.15) is 5.10 Å². The van der Waals surface area contributed by atoms with Crippen molar-refractivity contribution in [3.63, 3.8) is 0 Å². The molecule has 0 bridgehead atoms. The fraction of sp³-hybridized carbons (Fsp3) is 0.0800. The highest BCUT2D eigenvalue weighted by molar-refractivity contribution is 7.80. The van der Waals surface area contributed by atoms with Gasteiger partial charge in [0.25, 0.3) is 17.7 Å².